The SMILES string of the molecule is CC.CC.CC.CC.CC.CC.CC.CC.CC.CC.CC.CC.CC.CC(C)c1ccccn1.CC(C)c1cccnc1.CC(C)c1ccn[nH]1.CC(C)c1ccncn1.CC(C)c1ccnnc1.CC(C)c1cnccn1.CC(C)c1cnco1.CC(C)c1cncs1.CC(C)c1cocn1.CC(C)c1cscn1.CC(C)c1ncccn1.CC(C)c1ncco1.CC(C)c1nccs1. The molecule has 0 unspecified atom stereocenters. The number of aromatic amines is 1. The van der Waals surface area contributed by atoms with E-state index >= 15 is 0 Å². The lowest BCUT2D eigenvalue weighted by Gasteiger charge is -2.00. The van der Waals surface area contributed by atoms with Crippen molar-refractivity contribution in [3.8, 4) is 0 Å². The normalized spacial score (nSPS) is 8.86. The summed E-state index contributed by atoms with van der Waals surface area (Å²) in [5.74, 6) is 9.53. The first kappa shape index (κ1) is 155. The van der Waals surface area contributed by atoms with Gasteiger partial charge in [0.05, 0.1) is 51.7 Å². The van der Waals surface area contributed by atoms with Crippen LogP contribution in [0, 0.1) is 0 Å². The number of H-pyrrole nitrogens is 1. The van der Waals surface area contributed by atoms with Gasteiger partial charge in [-0.2, -0.15) is 15.3 Å². The third-order valence-corrected chi connectivity index (χ3v) is 17.3. The number of thiazole rings is 3. The zero-order valence-corrected chi connectivity index (χ0v) is 98.6. The fraction of sp³-hybridized carbons (Fsp3) is 0.580. The second-order valence-corrected chi connectivity index (χ2v) is 31.0. The topological polar surface area (TPSA) is 274 Å². The van der Waals surface area contributed by atoms with Gasteiger partial charge in [-0.3, -0.25) is 30.0 Å². The van der Waals surface area contributed by atoms with Crippen LogP contribution in [0.1, 0.15) is 510 Å². The molecule has 24 heteroatoms. The number of rotatable bonds is 13. The first-order valence-electron chi connectivity index (χ1n) is 50.6. The van der Waals surface area contributed by atoms with Gasteiger partial charge >= 0.3 is 0 Å². The zero-order valence-electron chi connectivity index (χ0n) is 96.2. The third kappa shape index (κ3) is 97.4. The van der Waals surface area contributed by atoms with Crippen LogP contribution in [0.4, 0.5) is 0 Å². The number of hydrogen-bond donors (Lipinski definition) is 1. The lowest BCUT2D eigenvalue weighted by molar-refractivity contribution is 0.471. The predicted octanol–water partition coefficient (Wildman–Crippen LogP) is 37.9. The summed E-state index contributed by atoms with van der Waals surface area (Å²) in [6.45, 7) is 107. The van der Waals surface area contributed by atoms with E-state index in [-0.39, 0.29) is 0 Å². The maximum absolute atomic E-state index is 4.98. The lowest BCUT2D eigenvalue weighted by Crippen LogP contribution is -1.93. The molecule has 0 atom stereocenters. The molecule has 1 N–H and O–H groups in total. The zero-order chi connectivity index (χ0) is 108. The van der Waals surface area contributed by atoms with Crippen LogP contribution in [0.3, 0.4) is 0 Å². The van der Waals surface area contributed by atoms with Crippen LogP contribution in [-0.4, -0.2) is 90.2 Å². The lowest BCUT2D eigenvalue weighted by atomic mass is 10.1. The molecule has 13 aromatic heterocycles. The molecule has 136 heavy (non-hydrogen) atoms. The van der Waals surface area contributed by atoms with E-state index in [0.29, 0.717) is 76.9 Å². The fourth-order valence-electron chi connectivity index (χ4n) is 7.60. The van der Waals surface area contributed by atoms with Gasteiger partial charge in [0.25, 0.3) is 0 Å². The van der Waals surface area contributed by atoms with Gasteiger partial charge in [0.1, 0.15) is 30.4 Å². The van der Waals surface area contributed by atoms with Crippen molar-refractivity contribution in [2.75, 3.05) is 0 Å². The molecule has 0 saturated carbocycles. The number of oxazole rings is 3. The summed E-state index contributed by atoms with van der Waals surface area (Å²) in [7, 11) is 0. The maximum atomic E-state index is 4.98. The standard InChI is InChI=1S/2C8H11N.4C7H10N2.C6H10N2.3C6H9NO.3C6H9NS.13C2H6/c1-7(2)8-4-3-5-9-6-8;1-7(2)8-5-3-4-6-9-8;1-6(2)7-5-8-3-4-9-7;1-6(2)7-3-4-8-5-9-7;1-6(2)7-3-4-8-9-5-7;1-6(2)7-8-4-3-5-9-7;1-5(2)6-3-4-7-8-6;1-5(2)6-3-8-4-7-6;1-5(2)6-3-7-4-8-6;1-5(2)6-7-3-4-8-6;1-5(2)6-3-8-4-7-6;1-5(2)6-3-7-4-8-6;1-5(2)6-7-3-4-8-6;13*1-2/h2*3-7H,1-2H3;4*3-6H,1-2H3;3-5H,1-2H3,(H,7,8);6*3-5H,1-2H3;13*1-2H3. The minimum Gasteiger partial charge on any atom is -0.451 e. The van der Waals surface area contributed by atoms with Gasteiger partial charge in [0.2, 0.25) is 0 Å². The summed E-state index contributed by atoms with van der Waals surface area (Å²) in [6, 6.07) is 17.8. The Morgan fingerprint density at radius 2 is 0.816 bits per heavy atom. The number of aromatic nitrogens is 18. The summed E-state index contributed by atoms with van der Waals surface area (Å²) in [5, 5.41) is 19.5. The van der Waals surface area contributed by atoms with Crippen LogP contribution >= 0.6 is 34.0 Å². The molecule has 0 radical (unpaired) electrons. The Morgan fingerprint density at radius 3 is 1.05 bits per heavy atom. The summed E-state index contributed by atoms with van der Waals surface area (Å²) in [5.41, 5.74) is 13.0. The predicted molar refractivity (Wildman–Crippen MR) is 602 cm³/mol. The molecule has 13 heterocycles. The second kappa shape index (κ2) is 121. The van der Waals surface area contributed by atoms with Gasteiger partial charge in [0, 0.05) is 137 Å². The quantitative estimate of drug-likeness (QED) is 0.112. The Morgan fingerprint density at radius 1 is 0.287 bits per heavy atom. The first-order valence-corrected chi connectivity index (χ1v) is 53.3. The molecular formula is C112H204N18O3S3. The smallest absolute Gasteiger partial charge is 0.196 e. The van der Waals surface area contributed by atoms with Gasteiger partial charge in [-0.25, -0.2) is 44.9 Å². The molecule has 778 valence electrons. The first-order chi connectivity index (χ1) is 65.5. The van der Waals surface area contributed by atoms with E-state index in [1.807, 2.05) is 284 Å². The van der Waals surface area contributed by atoms with Gasteiger partial charge in [-0.05, 0) is 107 Å². The molecule has 0 aromatic carbocycles. The van der Waals surface area contributed by atoms with E-state index in [4.69, 9.17) is 13.3 Å². The molecule has 0 saturated heterocycles. The molecule has 0 amide bonds. The summed E-state index contributed by atoms with van der Waals surface area (Å²) < 4.78 is 14.7. The van der Waals surface area contributed by atoms with Crippen LogP contribution in [0.15, 0.2) is 220 Å². The molecule has 13 aromatic rings. The molecule has 21 nitrogen and oxygen atoms in total. The molecule has 0 fully saturated rings. The minimum atomic E-state index is 0.407. The number of pyridine rings is 2. The minimum absolute atomic E-state index is 0.407. The van der Waals surface area contributed by atoms with Gasteiger partial charge in [-0.15, -0.1) is 34.0 Å². The van der Waals surface area contributed by atoms with Crippen molar-refractivity contribution in [2.24, 2.45) is 0 Å². The maximum Gasteiger partial charge on any atom is 0.196 e. The number of nitrogens with one attached hydrogen (secondary N) is 1. The molecule has 13 rings (SSSR count). The van der Waals surface area contributed by atoms with Crippen LogP contribution in [0.5, 0.6) is 0 Å². The van der Waals surface area contributed by atoms with E-state index < -0.39 is 0 Å². The molecule has 0 aliphatic heterocycles. The van der Waals surface area contributed by atoms with Gasteiger partial charge < -0.3 is 13.3 Å². The van der Waals surface area contributed by atoms with E-state index in [2.05, 4.69) is 268 Å². The molecule has 0 aliphatic carbocycles. The number of hydrogen-bond acceptors (Lipinski definition) is 23. The highest BCUT2D eigenvalue weighted by Gasteiger charge is 2.06. The summed E-state index contributed by atoms with van der Waals surface area (Å²) in [4.78, 5) is 57.5. The Balaban J connectivity index is -0.000000107. The third-order valence-electron chi connectivity index (χ3n) is 14.5. The summed E-state index contributed by atoms with van der Waals surface area (Å²) >= 11 is 5.10. The van der Waals surface area contributed by atoms with Crippen LogP contribution < -0.4 is 0 Å². The highest BCUT2D eigenvalue weighted by atomic mass is 32.1. The van der Waals surface area contributed by atoms with E-state index in [1.165, 1.54) is 45.2 Å². The fourth-order valence-corrected chi connectivity index (χ4v) is 9.61. The highest BCUT2D eigenvalue weighted by Crippen LogP contribution is 2.20. The van der Waals surface area contributed by atoms with E-state index in [9.17, 15) is 0 Å². The van der Waals surface area contributed by atoms with Crippen molar-refractivity contribution >= 4 is 34.0 Å². The Bertz CT molecular complexity index is 3280. The van der Waals surface area contributed by atoms with Gasteiger partial charge in [0.15, 0.2) is 18.7 Å². The molecule has 0 aliphatic rings. The average Bonchev–Trinajstić information content (AvgIpc) is 1.91. The highest BCUT2D eigenvalue weighted by molar-refractivity contribution is 7.10. The van der Waals surface area contributed by atoms with Crippen molar-refractivity contribution in [2.45, 2.75) is 437 Å². The van der Waals surface area contributed by atoms with Crippen molar-refractivity contribution in [3.63, 3.8) is 0 Å². The van der Waals surface area contributed by atoms with Crippen molar-refractivity contribution in [1.82, 2.24) is 90.2 Å². The Labute approximate surface area is 848 Å². The second-order valence-electron chi connectivity index (χ2n) is 28.5. The Hall–Kier alpha value is -9.65. The molecular weight excluding hydrogens is 1740 g/mol. The van der Waals surface area contributed by atoms with E-state index in [1.54, 1.807) is 127 Å². The summed E-state index contributed by atoms with van der Waals surface area (Å²) in [6.07, 6.45) is 36.2. The van der Waals surface area contributed by atoms with Crippen LogP contribution in [0.2, 0.25) is 0 Å². The molecule has 0 spiro atoms. The van der Waals surface area contributed by atoms with Crippen LogP contribution in [-0.2, 0) is 0 Å². The number of nitrogens with zero attached hydrogens (tertiary/aromatic N) is 17. The van der Waals surface area contributed by atoms with Crippen molar-refractivity contribution in [1.29, 1.82) is 0 Å². The average molecular weight is 1950 g/mol. The van der Waals surface area contributed by atoms with Crippen LogP contribution in [0.25, 0.3) is 0 Å². The monoisotopic (exact) mass is 1950 g/mol. The van der Waals surface area contributed by atoms with Crippen molar-refractivity contribution in [3.05, 3.63) is 280 Å². The van der Waals surface area contributed by atoms with Crippen molar-refractivity contribution < 1.29 is 13.3 Å². The largest absolute Gasteiger partial charge is 0.451 e. The van der Waals surface area contributed by atoms with Gasteiger partial charge in [-0.1, -0.05) is 372 Å². The molecule has 0 bridgehead atoms. The van der Waals surface area contributed by atoms with E-state index in [0.717, 1.165) is 40.3 Å². The Kier molecular flexibility index (Phi) is 138.